The first kappa shape index (κ1) is 17.4. The molecule has 118 valence electrons. The van der Waals surface area contributed by atoms with Gasteiger partial charge in [0.2, 0.25) is 0 Å². The second-order valence-corrected chi connectivity index (χ2v) is 5.44. The molecule has 1 rings (SSSR count). The first-order chi connectivity index (χ1) is 9.96. The van der Waals surface area contributed by atoms with Gasteiger partial charge in [-0.3, -0.25) is 9.59 Å². The zero-order chi connectivity index (χ0) is 16.0. The average Bonchev–Trinajstić information content (AvgIpc) is 2.79. The summed E-state index contributed by atoms with van der Waals surface area (Å²) in [5.74, 6) is -0.185. The second kappa shape index (κ2) is 7.98. The molecule has 0 fully saturated rings. The summed E-state index contributed by atoms with van der Waals surface area (Å²) >= 11 is 0. The summed E-state index contributed by atoms with van der Waals surface area (Å²) in [5.41, 5.74) is 8.40. The third-order valence-electron chi connectivity index (χ3n) is 3.75. The molecule has 1 unspecified atom stereocenters. The Morgan fingerprint density at radius 1 is 1.33 bits per heavy atom. The molecule has 0 aliphatic heterocycles. The van der Waals surface area contributed by atoms with E-state index in [-0.39, 0.29) is 17.7 Å². The Balaban J connectivity index is 2.97. The predicted molar refractivity (Wildman–Crippen MR) is 84.7 cm³/mol. The Morgan fingerprint density at radius 3 is 2.48 bits per heavy atom. The number of rotatable bonds is 8. The summed E-state index contributed by atoms with van der Waals surface area (Å²) in [4.78, 5) is 27.2. The van der Waals surface area contributed by atoms with Gasteiger partial charge in [-0.25, -0.2) is 0 Å². The maximum Gasteiger partial charge on any atom is 0.268 e. The summed E-state index contributed by atoms with van der Waals surface area (Å²) in [6.07, 6.45) is 3.62. The second-order valence-electron chi connectivity index (χ2n) is 5.44. The highest BCUT2D eigenvalue weighted by molar-refractivity contribution is 6.02. The van der Waals surface area contributed by atoms with Crippen molar-refractivity contribution in [3.63, 3.8) is 0 Å². The molecule has 4 N–H and O–H groups in total. The number of hydrogen-bond acceptors (Lipinski definition) is 3. The van der Waals surface area contributed by atoms with Gasteiger partial charge in [0.15, 0.2) is 5.78 Å². The number of carbonyl (C=O) groups excluding carboxylic acids is 2. The highest BCUT2D eigenvalue weighted by Gasteiger charge is 2.22. The molecule has 5 nitrogen and oxygen atoms in total. The lowest BCUT2D eigenvalue weighted by Crippen LogP contribution is -2.40. The van der Waals surface area contributed by atoms with Crippen LogP contribution >= 0.6 is 0 Å². The number of aryl methyl sites for hydroxylation is 1. The zero-order valence-electron chi connectivity index (χ0n) is 13.5. The van der Waals surface area contributed by atoms with E-state index < -0.39 is 0 Å². The molecular formula is C16H27N3O2. The summed E-state index contributed by atoms with van der Waals surface area (Å²) in [7, 11) is 0. The van der Waals surface area contributed by atoms with Crippen LogP contribution in [0, 0.1) is 6.92 Å². The van der Waals surface area contributed by atoms with Gasteiger partial charge in [-0.05, 0) is 32.3 Å². The monoisotopic (exact) mass is 293 g/mol. The zero-order valence-corrected chi connectivity index (χ0v) is 13.5. The number of nitrogens with two attached hydrogens (primary N) is 1. The van der Waals surface area contributed by atoms with Crippen molar-refractivity contribution in [2.75, 3.05) is 6.54 Å². The molecule has 0 radical (unpaired) electrons. The number of unbranched alkanes of at least 4 members (excludes halogenated alkanes) is 1. The minimum Gasteiger partial charge on any atom is -0.354 e. The minimum absolute atomic E-state index is 0.0130. The number of nitrogens with one attached hydrogen (secondary N) is 2. The number of aromatic amines is 1. The molecule has 5 heteroatoms. The standard InChI is InChI=1S/C16H27N3O2/c1-5-7-8-12(9-17)19-16(21)15-13(6-2)14(11(4)20)10(3)18-15/h12,18H,5-9,17H2,1-4H3,(H,19,21). The van der Waals surface area contributed by atoms with Crippen LogP contribution in [0.15, 0.2) is 0 Å². The van der Waals surface area contributed by atoms with E-state index in [0.717, 1.165) is 30.5 Å². The highest BCUT2D eigenvalue weighted by Crippen LogP contribution is 2.20. The number of amides is 1. The number of H-pyrrole nitrogens is 1. The quantitative estimate of drug-likeness (QED) is 0.643. The summed E-state index contributed by atoms with van der Waals surface area (Å²) < 4.78 is 0. The summed E-state index contributed by atoms with van der Waals surface area (Å²) in [6, 6.07) is -0.0217. The van der Waals surface area contributed by atoms with Gasteiger partial charge in [0.1, 0.15) is 5.69 Å². The summed E-state index contributed by atoms with van der Waals surface area (Å²) in [5, 5.41) is 2.97. The lowest BCUT2D eigenvalue weighted by atomic mass is 10.0. The van der Waals surface area contributed by atoms with Gasteiger partial charge < -0.3 is 16.0 Å². The van der Waals surface area contributed by atoms with E-state index in [0.29, 0.717) is 24.2 Å². The van der Waals surface area contributed by atoms with Crippen molar-refractivity contribution in [1.29, 1.82) is 0 Å². The van der Waals surface area contributed by atoms with Gasteiger partial charge in [-0.15, -0.1) is 0 Å². The van der Waals surface area contributed by atoms with Gasteiger partial charge >= 0.3 is 0 Å². The van der Waals surface area contributed by atoms with E-state index >= 15 is 0 Å². The van der Waals surface area contributed by atoms with E-state index in [1.165, 1.54) is 6.92 Å². The Bertz CT molecular complexity index is 506. The Hall–Kier alpha value is -1.62. The normalized spacial score (nSPS) is 12.2. The van der Waals surface area contributed by atoms with Crippen LogP contribution in [-0.2, 0) is 6.42 Å². The molecule has 0 bridgehead atoms. The van der Waals surface area contributed by atoms with E-state index in [1.807, 2.05) is 13.8 Å². The van der Waals surface area contributed by atoms with Crippen LogP contribution in [0.25, 0.3) is 0 Å². The number of aromatic nitrogens is 1. The third-order valence-corrected chi connectivity index (χ3v) is 3.75. The fourth-order valence-electron chi connectivity index (χ4n) is 2.66. The van der Waals surface area contributed by atoms with Crippen LogP contribution in [0.4, 0.5) is 0 Å². The Morgan fingerprint density at radius 2 is 2.00 bits per heavy atom. The van der Waals surface area contributed by atoms with Gasteiger partial charge in [-0.2, -0.15) is 0 Å². The molecule has 0 saturated carbocycles. The van der Waals surface area contributed by atoms with Crippen molar-refractivity contribution in [1.82, 2.24) is 10.3 Å². The molecule has 0 spiro atoms. The van der Waals surface area contributed by atoms with E-state index in [9.17, 15) is 9.59 Å². The van der Waals surface area contributed by atoms with Gasteiger partial charge in [0.05, 0.1) is 0 Å². The Kier molecular flexibility index (Phi) is 6.62. The van der Waals surface area contributed by atoms with Crippen molar-refractivity contribution < 1.29 is 9.59 Å². The maximum absolute atomic E-state index is 12.4. The van der Waals surface area contributed by atoms with Crippen LogP contribution in [0.1, 0.15) is 72.1 Å². The first-order valence-electron chi connectivity index (χ1n) is 7.69. The van der Waals surface area contributed by atoms with Gasteiger partial charge in [0, 0.05) is 23.8 Å². The van der Waals surface area contributed by atoms with Crippen molar-refractivity contribution in [3.8, 4) is 0 Å². The number of ketones is 1. The van der Waals surface area contributed by atoms with E-state index in [4.69, 9.17) is 5.73 Å². The Labute approximate surface area is 126 Å². The molecule has 21 heavy (non-hydrogen) atoms. The van der Waals surface area contributed by atoms with Crippen molar-refractivity contribution >= 4 is 11.7 Å². The molecule has 1 amide bonds. The van der Waals surface area contributed by atoms with Gasteiger partial charge in [0.25, 0.3) is 5.91 Å². The number of hydrogen-bond donors (Lipinski definition) is 3. The lowest BCUT2D eigenvalue weighted by molar-refractivity contribution is 0.0930. The largest absolute Gasteiger partial charge is 0.354 e. The fraction of sp³-hybridized carbons (Fsp3) is 0.625. The molecule has 1 heterocycles. The molecule has 0 aliphatic carbocycles. The average molecular weight is 293 g/mol. The maximum atomic E-state index is 12.4. The van der Waals surface area contributed by atoms with E-state index in [1.54, 1.807) is 0 Å². The van der Waals surface area contributed by atoms with Crippen molar-refractivity contribution in [2.24, 2.45) is 5.73 Å². The van der Waals surface area contributed by atoms with Crippen molar-refractivity contribution in [2.45, 2.75) is 59.4 Å². The van der Waals surface area contributed by atoms with E-state index in [2.05, 4.69) is 17.2 Å². The molecule has 1 aromatic rings. The van der Waals surface area contributed by atoms with Crippen LogP contribution in [0.2, 0.25) is 0 Å². The summed E-state index contributed by atoms with van der Waals surface area (Å²) in [6.45, 7) is 7.83. The van der Waals surface area contributed by atoms with Crippen LogP contribution in [-0.4, -0.2) is 29.3 Å². The van der Waals surface area contributed by atoms with Crippen LogP contribution in [0.3, 0.4) is 0 Å². The predicted octanol–water partition coefficient (Wildman–Crippen LogP) is 2.34. The number of Topliss-reactive ketones (excluding diaryl/α,β-unsaturated/α-hetero) is 1. The molecule has 0 saturated heterocycles. The fourth-order valence-corrected chi connectivity index (χ4v) is 2.66. The third kappa shape index (κ3) is 4.17. The van der Waals surface area contributed by atoms with Gasteiger partial charge in [-0.1, -0.05) is 26.7 Å². The molecule has 0 aromatic carbocycles. The lowest BCUT2D eigenvalue weighted by Gasteiger charge is -2.16. The minimum atomic E-state index is -0.172. The number of carbonyl (C=O) groups is 2. The highest BCUT2D eigenvalue weighted by atomic mass is 16.2. The SMILES string of the molecule is CCCCC(CN)NC(=O)c1[nH]c(C)c(C(C)=O)c1CC. The molecule has 1 atom stereocenters. The topological polar surface area (TPSA) is 88.0 Å². The van der Waals surface area contributed by atoms with Crippen LogP contribution in [0.5, 0.6) is 0 Å². The molecule has 0 aliphatic rings. The van der Waals surface area contributed by atoms with Crippen molar-refractivity contribution in [3.05, 3.63) is 22.5 Å². The molecule has 1 aromatic heterocycles. The first-order valence-corrected chi connectivity index (χ1v) is 7.69. The molecular weight excluding hydrogens is 266 g/mol. The van der Waals surface area contributed by atoms with Crippen LogP contribution < -0.4 is 11.1 Å². The smallest absolute Gasteiger partial charge is 0.268 e.